The van der Waals surface area contributed by atoms with Gasteiger partial charge in [-0.25, -0.2) is 4.39 Å². The summed E-state index contributed by atoms with van der Waals surface area (Å²) in [4.78, 5) is 25.9. The van der Waals surface area contributed by atoms with Crippen LogP contribution in [0.2, 0.25) is 0 Å². The third kappa shape index (κ3) is 3.47. The van der Waals surface area contributed by atoms with Crippen LogP contribution in [0.3, 0.4) is 0 Å². The van der Waals surface area contributed by atoms with E-state index in [9.17, 15) is 14.0 Å². The standard InChI is InChI=1S/C19H19FN2O3/c1-2-3-10-25-18-15(13-23)12-21-8-9-22(19(24)17(18)21)11-14-4-6-16(20)7-5-14/h2,4-7,12-13H,1,3,8-11H2. The highest BCUT2D eigenvalue weighted by molar-refractivity contribution is 5.99. The van der Waals surface area contributed by atoms with Gasteiger partial charge in [-0.05, 0) is 24.1 Å². The van der Waals surface area contributed by atoms with Crippen molar-refractivity contribution in [2.75, 3.05) is 13.2 Å². The number of aromatic nitrogens is 1. The Bertz CT molecular complexity index is 796. The largest absolute Gasteiger partial charge is 0.490 e. The summed E-state index contributed by atoms with van der Waals surface area (Å²) in [5.41, 5.74) is 1.61. The van der Waals surface area contributed by atoms with Crippen LogP contribution in [0.15, 0.2) is 43.1 Å². The monoisotopic (exact) mass is 342 g/mol. The maximum atomic E-state index is 13.0. The van der Waals surface area contributed by atoms with E-state index in [4.69, 9.17) is 4.74 Å². The van der Waals surface area contributed by atoms with Crippen molar-refractivity contribution in [3.8, 4) is 5.75 Å². The van der Waals surface area contributed by atoms with Crippen LogP contribution in [0.5, 0.6) is 5.75 Å². The van der Waals surface area contributed by atoms with Gasteiger partial charge in [-0.1, -0.05) is 18.2 Å². The molecule has 3 rings (SSSR count). The molecule has 1 aliphatic heterocycles. The Hall–Kier alpha value is -2.89. The van der Waals surface area contributed by atoms with Gasteiger partial charge in [0.25, 0.3) is 5.91 Å². The lowest BCUT2D eigenvalue weighted by Crippen LogP contribution is -2.39. The molecule has 0 saturated carbocycles. The predicted octanol–water partition coefficient (Wildman–Crippen LogP) is 3.05. The Morgan fingerprint density at radius 2 is 2.00 bits per heavy atom. The minimum absolute atomic E-state index is 0.197. The number of carbonyl (C=O) groups excluding carboxylic acids is 2. The van der Waals surface area contributed by atoms with E-state index in [1.165, 1.54) is 12.1 Å². The molecule has 1 aromatic carbocycles. The van der Waals surface area contributed by atoms with Crippen molar-refractivity contribution < 1.29 is 18.7 Å². The van der Waals surface area contributed by atoms with Crippen LogP contribution in [0.25, 0.3) is 0 Å². The second kappa shape index (κ2) is 7.34. The quantitative estimate of drug-likeness (QED) is 0.441. The van der Waals surface area contributed by atoms with Gasteiger partial charge in [0.1, 0.15) is 5.82 Å². The molecule has 0 N–H and O–H groups in total. The molecule has 0 unspecified atom stereocenters. The van der Waals surface area contributed by atoms with E-state index in [1.807, 2.05) is 0 Å². The molecule has 0 fully saturated rings. The van der Waals surface area contributed by atoms with Crippen LogP contribution in [0.1, 0.15) is 32.8 Å². The molecule has 0 spiro atoms. The molecule has 130 valence electrons. The lowest BCUT2D eigenvalue weighted by atomic mass is 10.1. The van der Waals surface area contributed by atoms with E-state index in [1.54, 1.807) is 33.9 Å². The normalized spacial score (nSPS) is 13.5. The second-order valence-corrected chi connectivity index (χ2v) is 5.85. The molecule has 1 amide bonds. The fraction of sp³-hybridized carbons (Fsp3) is 0.263. The number of rotatable bonds is 7. The van der Waals surface area contributed by atoms with Gasteiger partial charge in [0.05, 0.1) is 12.2 Å². The van der Waals surface area contributed by atoms with Gasteiger partial charge < -0.3 is 14.2 Å². The molecule has 1 aromatic heterocycles. The number of aldehydes is 1. The first kappa shape index (κ1) is 17.0. The van der Waals surface area contributed by atoms with Gasteiger partial charge in [0.2, 0.25) is 0 Å². The van der Waals surface area contributed by atoms with E-state index in [0.717, 1.165) is 5.56 Å². The molecule has 6 heteroatoms. The summed E-state index contributed by atoms with van der Waals surface area (Å²) in [7, 11) is 0. The summed E-state index contributed by atoms with van der Waals surface area (Å²) < 4.78 is 20.5. The number of fused-ring (bicyclic) bond motifs is 1. The number of amides is 1. The summed E-state index contributed by atoms with van der Waals surface area (Å²) in [6.07, 6.45) is 4.69. The topological polar surface area (TPSA) is 51.5 Å². The van der Waals surface area contributed by atoms with Gasteiger partial charge in [-0.3, -0.25) is 9.59 Å². The fourth-order valence-electron chi connectivity index (χ4n) is 2.88. The first-order chi connectivity index (χ1) is 12.1. The second-order valence-electron chi connectivity index (χ2n) is 5.85. The van der Waals surface area contributed by atoms with Crippen molar-refractivity contribution in [2.24, 2.45) is 0 Å². The first-order valence-electron chi connectivity index (χ1n) is 8.09. The Morgan fingerprint density at radius 1 is 1.24 bits per heavy atom. The zero-order chi connectivity index (χ0) is 17.8. The highest BCUT2D eigenvalue weighted by Gasteiger charge is 2.31. The van der Waals surface area contributed by atoms with E-state index < -0.39 is 0 Å². The maximum Gasteiger partial charge on any atom is 0.274 e. The number of hydrogen-bond donors (Lipinski definition) is 0. The van der Waals surface area contributed by atoms with Gasteiger partial charge in [0.15, 0.2) is 17.7 Å². The minimum Gasteiger partial charge on any atom is -0.490 e. The summed E-state index contributed by atoms with van der Waals surface area (Å²) in [5, 5.41) is 0. The molecule has 0 saturated heterocycles. The van der Waals surface area contributed by atoms with Crippen molar-refractivity contribution in [2.45, 2.75) is 19.5 Å². The Morgan fingerprint density at radius 3 is 2.68 bits per heavy atom. The minimum atomic E-state index is -0.309. The Kier molecular flexibility index (Phi) is 4.97. The van der Waals surface area contributed by atoms with Crippen molar-refractivity contribution >= 4 is 12.2 Å². The summed E-state index contributed by atoms with van der Waals surface area (Å²) in [6, 6.07) is 6.07. The fourth-order valence-corrected chi connectivity index (χ4v) is 2.88. The molecular weight excluding hydrogens is 323 g/mol. The van der Waals surface area contributed by atoms with Crippen LogP contribution in [-0.4, -0.2) is 34.8 Å². The van der Waals surface area contributed by atoms with Crippen LogP contribution < -0.4 is 4.74 Å². The molecule has 1 aliphatic rings. The van der Waals surface area contributed by atoms with Gasteiger partial charge >= 0.3 is 0 Å². The molecule has 0 bridgehead atoms. The summed E-state index contributed by atoms with van der Waals surface area (Å²) >= 11 is 0. The average Bonchev–Trinajstić information content (AvgIpc) is 2.98. The lowest BCUT2D eigenvalue weighted by Gasteiger charge is -2.29. The molecule has 0 radical (unpaired) electrons. The molecule has 2 aromatic rings. The van der Waals surface area contributed by atoms with Gasteiger partial charge in [0, 0.05) is 25.8 Å². The third-order valence-electron chi connectivity index (χ3n) is 4.14. The lowest BCUT2D eigenvalue weighted by molar-refractivity contribution is 0.0685. The van der Waals surface area contributed by atoms with E-state index in [2.05, 4.69) is 6.58 Å². The first-order valence-corrected chi connectivity index (χ1v) is 8.09. The van der Waals surface area contributed by atoms with Crippen molar-refractivity contribution in [1.29, 1.82) is 0 Å². The number of nitrogens with zero attached hydrogens (tertiary/aromatic N) is 2. The number of ether oxygens (including phenoxy) is 1. The average molecular weight is 342 g/mol. The van der Waals surface area contributed by atoms with Crippen LogP contribution in [0.4, 0.5) is 4.39 Å². The van der Waals surface area contributed by atoms with Gasteiger partial charge in [-0.2, -0.15) is 0 Å². The molecule has 0 aliphatic carbocycles. The smallest absolute Gasteiger partial charge is 0.274 e. The maximum absolute atomic E-state index is 13.0. The Labute approximate surface area is 145 Å². The number of halogens is 1. The third-order valence-corrected chi connectivity index (χ3v) is 4.14. The molecular formula is C19H19FN2O3. The van der Waals surface area contributed by atoms with E-state index in [0.29, 0.717) is 56.0 Å². The van der Waals surface area contributed by atoms with Crippen LogP contribution in [-0.2, 0) is 13.1 Å². The van der Waals surface area contributed by atoms with E-state index >= 15 is 0 Å². The number of benzene rings is 1. The summed E-state index contributed by atoms with van der Waals surface area (Å²) in [5.74, 6) is -0.181. The zero-order valence-corrected chi connectivity index (χ0v) is 13.8. The predicted molar refractivity (Wildman–Crippen MR) is 91.3 cm³/mol. The van der Waals surface area contributed by atoms with E-state index in [-0.39, 0.29) is 11.7 Å². The highest BCUT2D eigenvalue weighted by atomic mass is 19.1. The number of carbonyl (C=O) groups is 2. The van der Waals surface area contributed by atoms with Crippen molar-refractivity contribution in [3.63, 3.8) is 0 Å². The molecule has 0 atom stereocenters. The van der Waals surface area contributed by atoms with Crippen molar-refractivity contribution in [3.05, 3.63) is 65.8 Å². The van der Waals surface area contributed by atoms with Gasteiger partial charge in [-0.15, -0.1) is 6.58 Å². The Balaban J connectivity index is 1.85. The number of hydrogen-bond acceptors (Lipinski definition) is 3. The molecule has 5 nitrogen and oxygen atoms in total. The zero-order valence-electron chi connectivity index (χ0n) is 13.8. The summed E-state index contributed by atoms with van der Waals surface area (Å²) in [6.45, 7) is 5.46. The van der Waals surface area contributed by atoms with Crippen LogP contribution >= 0.6 is 0 Å². The molecule has 2 heterocycles. The highest BCUT2D eigenvalue weighted by Crippen LogP contribution is 2.30. The SMILES string of the molecule is C=CCCOc1c(C=O)cn2c1C(=O)N(Cc1ccc(F)cc1)CC2. The van der Waals surface area contributed by atoms with Crippen molar-refractivity contribution in [1.82, 2.24) is 9.47 Å². The molecule has 25 heavy (non-hydrogen) atoms. The van der Waals surface area contributed by atoms with Crippen LogP contribution in [0, 0.1) is 5.82 Å².